The molecule has 0 aliphatic carbocycles. The monoisotopic (exact) mass is 301 g/mol. The Morgan fingerprint density at radius 1 is 1.14 bits per heavy atom. The van der Waals surface area contributed by atoms with Gasteiger partial charge in [-0.1, -0.05) is 29.8 Å². The van der Waals surface area contributed by atoms with Crippen molar-refractivity contribution in [2.45, 2.75) is 6.54 Å². The van der Waals surface area contributed by atoms with E-state index >= 15 is 0 Å². The van der Waals surface area contributed by atoms with E-state index in [0.29, 0.717) is 33.0 Å². The standard InChI is InChI=1S/C16H13ClFN3/c17-9-5-6-14-11(7-9)15(12(8-19)16(20)21-14)10-3-1-2-4-13(10)18/h1-7H,8,19H2,(H2,20,21). The van der Waals surface area contributed by atoms with Gasteiger partial charge in [-0.15, -0.1) is 0 Å². The number of aromatic nitrogens is 1. The van der Waals surface area contributed by atoms with Crippen LogP contribution in [0, 0.1) is 5.82 Å². The van der Waals surface area contributed by atoms with Gasteiger partial charge in [-0.2, -0.15) is 0 Å². The van der Waals surface area contributed by atoms with Gasteiger partial charge in [0.1, 0.15) is 11.6 Å². The molecule has 0 fully saturated rings. The molecule has 2 aromatic carbocycles. The Morgan fingerprint density at radius 2 is 1.90 bits per heavy atom. The van der Waals surface area contributed by atoms with Gasteiger partial charge in [-0.25, -0.2) is 9.37 Å². The van der Waals surface area contributed by atoms with Crippen molar-refractivity contribution in [3.05, 3.63) is 58.9 Å². The Hall–Kier alpha value is -2.17. The highest BCUT2D eigenvalue weighted by atomic mass is 35.5. The van der Waals surface area contributed by atoms with E-state index in [1.807, 2.05) is 0 Å². The fourth-order valence-electron chi connectivity index (χ4n) is 2.47. The van der Waals surface area contributed by atoms with E-state index in [4.69, 9.17) is 23.1 Å². The third kappa shape index (κ3) is 2.33. The SMILES string of the molecule is NCc1c(N)nc2ccc(Cl)cc2c1-c1ccccc1F. The van der Waals surface area contributed by atoms with Crippen molar-refractivity contribution in [3.8, 4) is 11.1 Å². The van der Waals surface area contributed by atoms with Crippen LogP contribution in [0.5, 0.6) is 0 Å². The van der Waals surface area contributed by atoms with E-state index < -0.39 is 0 Å². The molecule has 0 aliphatic heterocycles. The minimum absolute atomic E-state index is 0.172. The summed E-state index contributed by atoms with van der Waals surface area (Å²) in [4.78, 5) is 4.32. The highest BCUT2D eigenvalue weighted by Crippen LogP contribution is 2.36. The second-order valence-corrected chi connectivity index (χ2v) is 5.13. The van der Waals surface area contributed by atoms with Crippen molar-refractivity contribution in [3.63, 3.8) is 0 Å². The number of benzene rings is 2. The van der Waals surface area contributed by atoms with Crippen LogP contribution in [0.1, 0.15) is 5.56 Å². The first-order valence-electron chi connectivity index (χ1n) is 6.44. The van der Waals surface area contributed by atoms with Gasteiger partial charge in [0, 0.05) is 33.6 Å². The summed E-state index contributed by atoms with van der Waals surface area (Å²) in [6, 6.07) is 11.8. The minimum atomic E-state index is -0.334. The van der Waals surface area contributed by atoms with Gasteiger partial charge in [0.25, 0.3) is 0 Å². The summed E-state index contributed by atoms with van der Waals surface area (Å²) < 4.78 is 14.2. The fraction of sp³-hybridized carbons (Fsp3) is 0.0625. The van der Waals surface area contributed by atoms with Crippen molar-refractivity contribution in [1.29, 1.82) is 0 Å². The van der Waals surface area contributed by atoms with Gasteiger partial charge in [0.2, 0.25) is 0 Å². The van der Waals surface area contributed by atoms with Crippen LogP contribution in [0.15, 0.2) is 42.5 Å². The number of hydrogen-bond acceptors (Lipinski definition) is 3. The smallest absolute Gasteiger partial charge is 0.131 e. The Bertz CT molecular complexity index is 833. The van der Waals surface area contributed by atoms with E-state index in [1.165, 1.54) is 6.07 Å². The molecule has 0 radical (unpaired) electrons. The maximum absolute atomic E-state index is 14.2. The molecule has 5 heteroatoms. The molecular formula is C16H13ClFN3. The Morgan fingerprint density at radius 3 is 2.62 bits per heavy atom. The lowest BCUT2D eigenvalue weighted by atomic mass is 9.95. The number of nitrogen functional groups attached to an aromatic ring is 1. The molecule has 3 aromatic rings. The molecule has 0 amide bonds. The number of anilines is 1. The van der Waals surface area contributed by atoms with Crippen LogP contribution in [0.25, 0.3) is 22.0 Å². The molecule has 1 aromatic heterocycles. The molecule has 0 unspecified atom stereocenters. The van der Waals surface area contributed by atoms with Crippen molar-refractivity contribution in [2.24, 2.45) is 5.73 Å². The second-order valence-electron chi connectivity index (χ2n) is 4.70. The van der Waals surface area contributed by atoms with Crippen molar-refractivity contribution >= 4 is 28.3 Å². The number of halogens is 2. The van der Waals surface area contributed by atoms with Crippen LogP contribution < -0.4 is 11.5 Å². The number of rotatable bonds is 2. The van der Waals surface area contributed by atoms with Crippen LogP contribution in [-0.2, 0) is 6.54 Å². The largest absolute Gasteiger partial charge is 0.383 e. The van der Waals surface area contributed by atoms with Crippen molar-refractivity contribution in [1.82, 2.24) is 4.98 Å². The first-order chi connectivity index (χ1) is 10.1. The predicted octanol–water partition coefficient (Wildman–Crippen LogP) is 3.74. The van der Waals surface area contributed by atoms with E-state index in [-0.39, 0.29) is 12.4 Å². The molecule has 0 spiro atoms. The topological polar surface area (TPSA) is 64.9 Å². The Kier molecular flexibility index (Phi) is 3.49. The zero-order valence-corrected chi connectivity index (χ0v) is 11.9. The van der Waals surface area contributed by atoms with Crippen LogP contribution in [0.3, 0.4) is 0 Å². The van der Waals surface area contributed by atoms with Gasteiger partial charge < -0.3 is 11.5 Å². The number of fused-ring (bicyclic) bond motifs is 1. The molecule has 4 N–H and O–H groups in total. The molecule has 21 heavy (non-hydrogen) atoms. The lowest BCUT2D eigenvalue weighted by Gasteiger charge is -2.15. The molecule has 3 rings (SSSR count). The summed E-state index contributed by atoms with van der Waals surface area (Å²) in [5.41, 5.74) is 14.1. The van der Waals surface area contributed by atoms with Crippen LogP contribution >= 0.6 is 11.6 Å². The number of hydrogen-bond donors (Lipinski definition) is 2. The van der Waals surface area contributed by atoms with Crippen LogP contribution in [0.2, 0.25) is 5.02 Å². The third-order valence-electron chi connectivity index (χ3n) is 3.43. The van der Waals surface area contributed by atoms with Crippen molar-refractivity contribution in [2.75, 3.05) is 5.73 Å². The summed E-state index contributed by atoms with van der Waals surface area (Å²) in [5.74, 6) is -0.0235. The molecule has 3 nitrogen and oxygen atoms in total. The molecule has 0 bridgehead atoms. The summed E-state index contributed by atoms with van der Waals surface area (Å²) in [5, 5.41) is 1.29. The number of nitrogens with zero attached hydrogens (tertiary/aromatic N) is 1. The van der Waals surface area contributed by atoms with Gasteiger partial charge in [0.05, 0.1) is 5.52 Å². The molecule has 106 valence electrons. The fourth-order valence-corrected chi connectivity index (χ4v) is 2.64. The highest BCUT2D eigenvalue weighted by Gasteiger charge is 2.16. The third-order valence-corrected chi connectivity index (χ3v) is 3.66. The maximum Gasteiger partial charge on any atom is 0.131 e. The molecule has 1 heterocycles. The van der Waals surface area contributed by atoms with Crippen LogP contribution in [0.4, 0.5) is 10.2 Å². The van der Waals surface area contributed by atoms with Gasteiger partial charge >= 0.3 is 0 Å². The normalized spacial score (nSPS) is 11.0. The molecule has 0 saturated heterocycles. The second kappa shape index (κ2) is 5.31. The Balaban J connectivity index is 2.48. The quantitative estimate of drug-likeness (QED) is 0.758. The maximum atomic E-state index is 14.2. The lowest BCUT2D eigenvalue weighted by molar-refractivity contribution is 0.631. The van der Waals surface area contributed by atoms with Gasteiger partial charge in [-0.3, -0.25) is 0 Å². The Labute approximate surface area is 126 Å². The molecule has 0 aliphatic rings. The minimum Gasteiger partial charge on any atom is -0.383 e. The summed E-state index contributed by atoms with van der Waals surface area (Å²) >= 11 is 6.07. The van der Waals surface area contributed by atoms with E-state index in [2.05, 4.69) is 4.98 Å². The zero-order chi connectivity index (χ0) is 15.0. The van der Waals surface area contributed by atoms with Gasteiger partial charge in [0.15, 0.2) is 0 Å². The average molecular weight is 302 g/mol. The average Bonchev–Trinajstić information content (AvgIpc) is 2.47. The van der Waals surface area contributed by atoms with E-state index in [0.717, 1.165) is 5.39 Å². The zero-order valence-electron chi connectivity index (χ0n) is 11.1. The summed E-state index contributed by atoms with van der Waals surface area (Å²) in [7, 11) is 0. The summed E-state index contributed by atoms with van der Waals surface area (Å²) in [6.07, 6.45) is 0. The molecule has 0 atom stereocenters. The number of pyridine rings is 1. The van der Waals surface area contributed by atoms with Gasteiger partial charge in [-0.05, 0) is 24.3 Å². The molecular weight excluding hydrogens is 289 g/mol. The number of nitrogens with two attached hydrogens (primary N) is 2. The van der Waals surface area contributed by atoms with Crippen LogP contribution in [-0.4, -0.2) is 4.98 Å². The summed E-state index contributed by atoms with van der Waals surface area (Å²) in [6.45, 7) is 0.172. The first kappa shape index (κ1) is 13.8. The molecule has 0 saturated carbocycles. The predicted molar refractivity (Wildman–Crippen MR) is 84.5 cm³/mol. The van der Waals surface area contributed by atoms with E-state index in [1.54, 1.807) is 36.4 Å². The van der Waals surface area contributed by atoms with Crippen molar-refractivity contribution < 1.29 is 4.39 Å². The highest BCUT2D eigenvalue weighted by molar-refractivity contribution is 6.31. The van der Waals surface area contributed by atoms with E-state index in [9.17, 15) is 4.39 Å². The first-order valence-corrected chi connectivity index (χ1v) is 6.82. The lowest BCUT2D eigenvalue weighted by Crippen LogP contribution is -2.07.